The Hall–Kier alpha value is -1.68. The number of benzene rings is 2. The van der Waals surface area contributed by atoms with Crippen molar-refractivity contribution in [3.63, 3.8) is 0 Å². The first kappa shape index (κ1) is 15.2. The molecule has 22 heavy (non-hydrogen) atoms. The van der Waals surface area contributed by atoms with Crippen LogP contribution in [0.3, 0.4) is 0 Å². The van der Waals surface area contributed by atoms with Gasteiger partial charge in [-0.25, -0.2) is 0 Å². The van der Waals surface area contributed by atoms with Gasteiger partial charge in [-0.1, -0.05) is 67.6 Å². The second kappa shape index (κ2) is 6.61. The number of aliphatic hydroxyl groups excluding tert-OH is 1. The standard InChI is InChI=1S/C19H22O3/c1-2-17-14-21-19(22-17,13-15-9-5-3-6-10-15)18(20)16-11-7-4-8-12-16/h3-12,17-18,20H,2,13-14H2,1H3. The first-order valence-electron chi connectivity index (χ1n) is 7.82. The summed E-state index contributed by atoms with van der Waals surface area (Å²) in [6, 6.07) is 19.6. The van der Waals surface area contributed by atoms with Crippen molar-refractivity contribution in [1.82, 2.24) is 0 Å². The van der Waals surface area contributed by atoms with E-state index in [2.05, 4.69) is 6.92 Å². The molecule has 1 fully saturated rings. The maximum absolute atomic E-state index is 10.9. The van der Waals surface area contributed by atoms with Crippen molar-refractivity contribution in [3.05, 3.63) is 71.8 Å². The van der Waals surface area contributed by atoms with Crippen LogP contribution in [0.4, 0.5) is 0 Å². The molecule has 0 amide bonds. The van der Waals surface area contributed by atoms with Crippen LogP contribution in [0.15, 0.2) is 60.7 Å². The Morgan fingerprint density at radius 2 is 1.73 bits per heavy atom. The van der Waals surface area contributed by atoms with Gasteiger partial charge in [0.25, 0.3) is 0 Å². The predicted octanol–water partition coefficient (Wildman–Crippen LogP) is 3.48. The maximum Gasteiger partial charge on any atom is 0.203 e. The zero-order valence-electron chi connectivity index (χ0n) is 12.8. The highest BCUT2D eigenvalue weighted by Crippen LogP contribution is 2.39. The first-order valence-corrected chi connectivity index (χ1v) is 7.82. The van der Waals surface area contributed by atoms with Gasteiger partial charge in [0.05, 0.1) is 12.7 Å². The molecular formula is C19H22O3. The third kappa shape index (κ3) is 3.07. The first-order chi connectivity index (χ1) is 10.7. The molecule has 0 bridgehead atoms. The summed E-state index contributed by atoms with van der Waals surface area (Å²) < 4.78 is 12.1. The van der Waals surface area contributed by atoms with Crippen molar-refractivity contribution < 1.29 is 14.6 Å². The highest BCUT2D eigenvalue weighted by Gasteiger charge is 2.47. The molecule has 3 rings (SSSR count). The van der Waals surface area contributed by atoms with Crippen LogP contribution in [0, 0.1) is 0 Å². The lowest BCUT2D eigenvalue weighted by Crippen LogP contribution is -2.40. The molecule has 1 saturated heterocycles. The van der Waals surface area contributed by atoms with Gasteiger partial charge in [-0.3, -0.25) is 0 Å². The van der Waals surface area contributed by atoms with E-state index in [1.165, 1.54) is 0 Å². The van der Waals surface area contributed by atoms with Gasteiger partial charge >= 0.3 is 0 Å². The predicted molar refractivity (Wildman–Crippen MR) is 85.4 cm³/mol. The molecule has 2 aromatic rings. The van der Waals surface area contributed by atoms with E-state index in [0.717, 1.165) is 17.5 Å². The zero-order valence-corrected chi connectivity index (χ0v) is 12.8. The average Bonchev–Trinajstić information content (AvgIpc) is 3.00. The lowest BCUT2D eigenvalue weighted by molar-refractivity contribution is -0.230. The third-order valence-electron chi connectivity index (χ3n) is 4.16. The van der Waals surface area contributed by atoms with Gasteiger partial charge < -0.3 is 14.6 Å². The van der Waals surface area contributed by atoms with Gasteiger partial charge in [0.15, 0.2) is 0 Å². The molecular weight excluding hydrogens is 276 g/mol. The van der Waals surface area contributed by atoms with E-state index < -0.39 is 11.9 Å². The molecule has 0 radical (unpaired) electrons. The molecule has 3 atom stereocenters. The summed E-state index contributed by atoms with van der Waals surface area (Å²) >= 11 is 0. The fraction of sp³-hybridized carbons (Fsp3) is 0.368. The smallest absolute Gasteiger partial charge is 0.203 e. The number of hydrogen-bond donors (Lipinski definition) is 1. The lowest BCUT2D eigenvalue weighted by Gasteiger charge is -2.33. The van der Waals surface area contributed by atoms with E-state index in [1.54, 1.807) is 0 Å². The van der Waals surface area contributed by atoms with Crippen LogP contribution in [0.25, 0.3) is 0 Å². The van der Waals surface area contributed by atoms with Crippen LogP contribution in [0.2, 0.25) is 0 Å². The monoisotopic (exact) mass is 298 g/mol. The van der Waals surface area contributed by atoms with Crippen LogP contribution in [-0.2, 0) is 15.9 Å². The summed E-state index contributed by atoms with van der Waals surface area (Å²) in [6.07, 6.45) is 0.617. The Balaban J connectivity index is 1.90. The maximum atomic E-state index is 10.9. The SMILES string of the molecule is CCC1COC(Cc2ccccc2)(C(O)c2ccccc2)O1. The van der Waals surface area contributed by atoms with Gasteiger partial charge in [0.2, 0.25) is 5.79 Å². The molecule has 0 aromatic heterocycles. The largest absolute Gasteiger partial charge is 0.383 e. The van der Waals surface area contributed by atoms with Crippen LogP contribution < -0.4 is 0 Å². The number of rotatable bonds is 5. The van der Waals surface area contributed by atoms with Crippen LogP contribution in [-0.4, -0.2) is 23.6 Å². The Morgan fingerprint density at radius 3 is 2.32 bits per heavy atom. The van der Waals surface area contributed by atoms with Gasteiger partial charge in [0.1, 0.15) is 6.10 Å². The Bertz CT molecular complexity index is 584. The quantitative estimate of drug-likeness (QED) is 0.918. The molecule has 3 nitrogen and oxygen atoms in total. The Morgan fingerprint density at radius 1 is 1.09 bits per heavy atom. The van der Waals surface area contributed by atoms with E-state index in [0.29, 0.717) is 13.0 Å². The van der Waals surface area contributed by atoms with Crippen molar-refractivity contribution in [2.24, 2.45) is 0 Å². The normalized spacial score (nSPS) is 26.0. The summed E-state index contributed by atoms with van der Waals surface area (Å²) in [7, 11) is 0. The number of aliphatic hydroxyl groups is 1. The van der Waals surface area contributed by atoms with E-state index >= 15 is 0 Å². The van der Waals surface area contributed by atoms with Gasteiger partial charge in [0, 0.05) is 6.42 Å². The van der Waals surface area contributed by atoms with E-state index in [4.69, 9.17) is 9.47 Å². The number of ether oxygens (including phenoxy) is 2. The van der Waals surface area contributed by atoms with Crippen LogP contribution in [0.5, 0.6) is 0 Å². The topological polar surface area (TPSA) is 38.7 Å². The highest BCUT2D eigenvalue weighted by atomic mass is 16.8. The minimum atomic E-state index is -1.01. The minimum Gasteiger partial charge on any atom is -0.383 e. The minimum absolute atomic E-state index is 0.0297. The molecule has 1 heterocycles. The molecule has 116 valence electrons. The molecule has 2 aromatic carbocycles. The molecule has 1 aliphatic heterocycles. The van der Waals surface area contributed by atoms with Crippen molar-refractivity contribution in [3.8, 4) is 0 Å². The summed E-state index contributed by atoms with van der Waals surface area (Å²) in [5, 5.41) is 10.9. The van der Waals surface area contributed by atoms with Crippen molar-refractivity contribution in [2.75, 3.05) is 6.61 Å². The molecule has 1 aliphatic rings. The lowest BCUT2D eigenvalue weighted by atomic mass is 9.95. The molecule has 1 N–H and O–H groups in total. The van der Waals surface area contributed by atoms with Crippen molar-refractivity contribution >= 4 is 0 Å². The fourth-order valence-corrected chi connectivity index (χ4v) is 2.89. The summed E-state index contributed by atoms with van der Waals surface area (Å²) in [5.41, 5.74) is 1.91. The Labute approximate surface area is 131 Å². The van der Waals surface area contributed by atoms with E-state index in [9.17, 15) is 5.11 Å². The van der Waals surface area contributed by atoms with Crippen LogP contribution >= 0.6 is 0 Å². The molecule has 0 aliphatic carbocycles. The average molecular weight is 298 g/mol. The molecule has 0 saturated carbocycles. The second-order valence-electron chi connectivity index (χ2n) is 5.75. The van der Waals surface area contributed by atoms with Crippen molar-refractivity contribution in [1.29, 1.82) is 0 Å². The van der Waals surface area contributed by atoms with Gasteiger partial charge in [-0.05, 0) is 17.5 Å². The summed E-state index contributed by atoms with van der Waals surface area (Å²) in [5.74, 6) is -1.01. The van der Waals surface area contributed by atoms with Gasteiger partial charge in [-0.2, -0.15) is 0 Å². The number of hydrogen-bond acceptors (Lipinski definition) is 3. The second-order valence-corrected chi connectivity index (χ2v) is 5.75. The van der Waals surface area contributed by atoms with Gasteiger partial charge in [-0.15, -0.1) is 0 Å². The van der Waals surface area contributed by atoms with E-state index in [1.807, 2.05) is 60.7 Å². The van der Waals surface area contributed by atoms with E-state index in [-0.39, 0.29) is 6.10 Å². The fourth-order valence-electron chi connectivity index (χ4n) is 2.89. The third-order valence-corrected chi connectivity index (χ3v) is 4.16. The van der Waals surface area contributed by atoms with Crippen molar-refractivity contribution in [2.45, 2.75) is 37.8 Å². The summed E-state index contributed by atoms with van der Waals surface area (Å²) in [6.45, 7) is 2.59. The molecule has 0 spiro atoms. The Kier molecular flexibility index (Phi) is 4.57. The summed E-state index contributed by atoms with van der Waals surface area (Å²) in [4.78, 5) is 0. The molecule has 3 heteroatoms. The highest BCUT2D eigenvalue weighted by molar-refractivity contribution is 5.23. The molecule has 3 unspecified atom stereocenters. The van der Waals surface area contributed by atoms with Crippen LogP contribution in [0.1, 0.15) is 30.6 Å². The zero-order chi connectivity index (χ0) is 15.4.